The number of anilines is 1. The summed E-state index contributed by atoms with van der Waals surface area (Å²) in [7, 11) is 0. The van der Waals surface area contributed by atoms with Crippen LogP contribution in [-0.2, 0) is 16.1 Å². The fourth-order valence-corrected chi connectivity index (χ4v) is 3.86. The van der Waals surface area contributed by atoms with Gasteiger partial charge in [-0.1, -0.05) is 26.0 Å². The monoisotopic (exact) mass is 385 g/mol. The van der Waals surface area contributed by atoms with Crippen molar-refractivity contribution in [1.82, 2.24) is 20.2 Å². The molecule has 1 saturated heterocycles. The number of para-hydroxylation sites is 2. The minimum Gasteiger partial charge on any atom is -0.376 e. The number of rotatable bonds is 5. The molecule has 1 unspecified atom stereocenters. The van der Waals surface area contributed by atoms with Crippen LogP contribution in [-0.4, -0.2) is 53.3 Å². The predicted octanol–water partition coefficient (Wildman–Crippen LogP) is 1.89. The molecule has 150 valence electrons. The van der Waals surface area contributed by atoms with Gasteiger partial charge in [-0.05, 0) is 30.9 Å². The summed E-state index contributed by atoms with van der Waals surface area (Å²) in [4.78, 5) is 31.8. The molecule has 1 aromatic carbocycles. The number of urea groups is 1. The summed E-state index contributed by atoms with van der Waals surface area (Å²) < 4.78 is 7.59. The smallest absolute Gasteiger partial charge is 0.324 e. The topological polar surface area (TPSA) is 88.5 Å². The van der Waals surface area contributed by atoms with Crippen LogP contribution < -0.4 is 15.5 Å². The highest BCUT2D eigenvalue weighted by molar-refractivity contribution is 5.96. The maximum atomic E-state index is 12.9. The highest BCUT2D eigenvalue weighted by Crippen LogP contribution is 2.27. The second-order valence-corrected chi connectivity index (χ2v) is 7.76. The standard InChI is InChI=1S/C20H27N5O3/c1-13(2)17(18(26)21-12-14-6-5-11-28-14)23-20(27)25-10-9-24-16-8-4-3-7-15(16)22-19(24)25/h3-4,7-8,13-14,17H,5-6,9-12H2,1-2H3,(H,21,26)(H,23,27)/t14?,17-/m0/s1. The maximum Gasteiger partial charge on any atom is 0.324 e. The fraction of sp³-hybridized carbons (Fsp3) is 0.550. The Hall–Kier alpha value is -2.61. The lowest BCUT2D eigenvalue weighted by atomic mass is 10.0. The molecule has 1 aromatic heterocycles. The van der Waals surface area contributed by atoms with Gasteiger partial charge in [-0.25, -0.2) is 9.78 Å². The molecule has 28 heavy (non-hydrogen) atoms. The number of fused-ring (bicyclic) bond motifs is 3. The number of carbonyl (C=O) groups is 2. The molecule has 4 rings (SSSR count). The quantitative estimate of drug-likeness (QED) is 0.823. The van der Waals surface area contributed by atoms with E-state index in [2.05, 4.69) is 15.6 Å². The highest BCUT2D eigenvalue weighted by atomic mass is 16.5. The third-order valence-electron chi connectivity index (χ3n) is 5.42. The van der Waals surface area contributed by atoms with E-state index in [1.807, 2.05) is 42.7 Å². The minimum atomic E-state index is -0.604. The molecule has 8 heteroatoms. The molecule has 2 aliphatic rings. The van der Waals surface area contributed by atoms with Gasteiger partial charge in [-0.2, -0.15) is 0 Å². The number of hydrogen-bond donors (Lipinski definition) is 2. The van der Waals surface area contributed by atoms with E-state index in [4.69, 9.17) is 4.74 Å². The van der Waals surface area contributed by atoms with E-state index in [9.17, 15) is 9.59 Å². The van der Waals surface area contributed by atoms with Crippen molar-refractivity contribution in [1.29, 1.82) is 0 Å². The molecule has 2 N–H and O–H groups in total. The van der Waals surface area contributed by atoms with Crippen LogP contribution in [0.1, 0.15) is 26.7 Å². The van der Waals surface area contributed by atoms with Crippen molar-refractivity contribution in [3.05, 3.63) is 24.3 Å². The van der Waals surface area contributed by atoms with E-state index in [0.29, 0.717) is 25.6 Å². The van der Waals surface area contributed by atoms with E-state index in [1.165, 1.54) is 0 Å². The Balaban J connectivity index is 1.43. The second-order valence-electron chi connectivity index (χ2n) is 7.76. The van der Waals surface area contributed by atoms with Crippen molar-refractivity contribution in [2.75, 3.05) is 24.6 Å². The Morgan fingerprint density at radius 2 is 2.11 bits per heavy atom. The number of nitrogens with zero attached hydrogens (tertiary/aromatic N) is 3. The fourth-order valence-electron chi connectivity index (χ4n) is 3.86. The minimum absolute atomic E-state index is 0.0325. The van der Waals surface area contributed by atoms with E-state index < -0.39 is 6.04 Å². The lowest BCUT2D eigenvalue weighted by Gasteiger charge is -2.25. The van der Waals surface area contributed by atoms with Gasteiger partial charge in [0.15, 0.2) is 0 Å². The van der Waals surface area contributed by atoms with Crippen molar-refractivity contribution in [3.63, 3.8) is 0 Å². The number of aromatic nitrogens is 2. The number of hydrogen-bond acceptors (Lipinski definition) is 4. The van der Waals surface area contributed by atoms with Gasteiger partial charge in [0.25, 0.3) is 0 Å². The lowest BCUT2D eigenvalue weighted by Crippen LogP contribution is -2.54. The first-order valence-electron chi connectivity index (χ1n) is 9.97. The molecule has 8 nitrogen and oxygen atoms in total. The molecule has 1 fully saturated rings. The normalized spacial score (nSPS) is 19.8. The van der Waals surface area contributed by atoms with Crippen LogP contribution in [0.15, 0.2) is 24.3 Å². The van der Waals surface area contributed by atoms with E-state index in [0.717, 1.165) is 30.5 Å². The number of imidazole rings is 1. The number of ether oxygens (including phenoxy) is 1. The molecule has 0 saturated carbocycles. The van der Waals surface area contributed by atoms with E-state index in [-0.39, 0.29) is 24.0 Å². The molecule has 2 aliphatic heterocycles. The largest absolute Gasteiger partial charge is 0.376 e. The van der Waals surface area contributed by atoms with Crippen molar-refractivity contribution in [3.8, 4) is 0 Å². The molecule has 2 atom stereocenters. The first-order chi connectivity index (χ1) is 13.5. The van der Waals surface area contributed by atoms with Crippen LogP contribution in [0.5, 0.6) is 0 Å². The van der Waals surface area contributed by atoms with Crippen molar-refractivity contribution >= 4 is 28.9 Å². The summed E-state index contributed by atoms with van der Waals surface area (Å²) in [5.74, 6) is 0.419. The molecule has 0 bridgehead atoms. The molecular formula is C20H27N5O3. The van der Waals surface area contributed by atoms with Crippen molar-refractivity contribution in [2.24, 2.45) is 5.92 Å². The summed E-state index contributed by atoms with van der Waals surface area (Å²) in [6.45, 7) is 6.33. The van der Waals surface area contributed by atoms with Crippen LogP contribution in [0, 0.1) is 5.92 Å². The van der Waals surface area contributed by atoms with Crippen LogP contribution in [0.3, 0.4) is 0 Å². The van der Waals surface area contributed by atoms with E-state index >= 15 is 0 Å². The molecule has 0 aliphatic carbocycles. The predicted molar refractivity (Wildman–Crippen MR) is 106 cm³/mol. The first-order valence-corrected chi connectivity index (χ1v) is 9.97. The average Bonchev–Trinajstić information content (AvgIpc) is 3.40. The van der Waals surface area contributed by atoms with Gasteiger partial charge in [0.05, 0.1) is 17.1 Å². The molecular weight excluding hydrogens is 358 g/mol. The maximum absolute atomic E-state index is 12.9. The van der Waals surface area contributed by atoms with Gasteiger partial charge in [-0.3, -0.25) is 9.69 Å². The first kappa shape index (κ1) is 18.7. The summed E-state index contributed by atoms with van der Waals surface area (Å²) in [6, 6.07) is 6.94. The van der Waals surface area contributed by atoms with Gasteiger partial charge in [-0.15, -0.1) is 0 Å². The molecule has 2 aromatic rings. The van der Waals surface area contributed by atoms with Gasteiger partial charge >= 0.3 is 6.03 Å². The number of carbonyl (C=O) groups excluding carboxylic acids is 2. The van der Waals surface area contributed by atoms with Crippen LogP contribution in [0.4, 0.5) is 10.7 Å². The zero-order valence-corrected chi connectivity index (χ0v) is 16.4. The van der Waals surface area contributed by atoms with Gasteiger partial charge in [0.2, 0.25) is 11.9 Å². The molecule has 3 heterocycles. The van der Waals surface area contributed by atoms with Crippen molar-refractivity contribution in [2.45, 2.75) is 45.4 Å². The molecule has 3 amide bonds. The number of amides is 3. The third-order valence-corrected chi connectivity index (χ3v) is 5.42. The van der Waals surface area contributed by atoms with Crippen LogP contribution >= 0.6 is 0 Å². The Morgan fingerprint density at radius 3 is 2.86 bits per heavy atom. The van der Waals surface area contributed by atoms with Crippen LogP contribution in [0.2, 0.25) is 0 Å². The summed E-state index contributed by atoms with van der Waals surface area (Å²) >= 11 is 0. The Kier molecular flexibility index (Phi) is 5.21. The highest BCUT2D eigenvalue weighted by Gasteiger charge is 2.32. The zero-order valence-electron chi connectivity index (χ0n) is 16.4. The average molecular weight is 385 g/mol. The van der Waals surface area contributed by atoms with Gasteiger partial charge in [0.1, 0.15) is 6.04 Å². The zero-order chi connectivity index (χ0) is 19.7. The van der Waals surface area contributed by atoms with Crippen molar-refractivity contribution < 1.29 is 14.3 Å². The summed E-state index contributed by atoms with van der Waals surface area (Å²) in [5.41, 5.74) is 1.88. The van der Waals surface area contributed by atoms with Gasteiger partial charge < -0.3 is 19.9 Å². The second kappa shape index (κ2) is 7.79. The Morgan fingerprint density at radius 1 is 1.29 bits per heavy atom. The molecule has 0 spiro atoms. The third kappa shape index (κ3) is 3.56. The summed E-state index contributed by atoms with van der Waals surface area (Å²) in [6.07, 6.45) is 2.06. The number of benzene rings is 1. The Labute approximate surface area is 164 Å². The lowest BCUT2D eigenvalue weighted by molar-refractivity contribution is -0.124. The van der Waals surface area contributed by atoms with Crippen LogP contribution in [0.25, 0.3) is 11.0 Å². The Bertz CT molecular complexity index is 872. The molecule has 0 radical (unpaired) electrons. The SMILES string of the molecule is CC(C)[C@H](NC(=O)N1CCn2c1nc1ccccc12)C(=O)NCC1CCCO1. The van der Waals surface area contributed by atoms with Gasteiger partial charge in [0, 0.05) is 26.2 Å². The summed E-state index contributed by atoms with van der Waals surface area (Å²) in [5, 5.41) is 5.82. The van der Waals surface area contributed by atoms with E-state index in [1.54, 1.807) is 4.90 Å². The number of nitrogens with one attached hydrogen (secondary N) is 2.